The lowest BCUT2D eigenvalue weighted by atomic mass is 10.2. The third-order valence-electron chi connectivity index (χ3n) is 3.58. The fourth-order valence-corrected chi connectivity index (χ4v) is 2.40. The summed E-state index contributed by atoms with van der Waals surface area (Å²) < 4.78 is 20.6. The van der Waals surface area contributed by atoms with Gasteiger partial charge in [0.05, 0.1) is 21.3 Å². The normalized spacial score (nSPS) is 10.4. The van der Waals surface area contributed by atoms with Gasteiger partial charge >= 0.3 is 5.97 Å². The van der Waals surface area contributed by atoms with Crippen molar-refractivity contribution >= 4 is 35.2 Å². The zero-order chi connectivity index (χ0) is 20.5. The van der Waals surface area contributed by atoms with E-state index in [4.69, 9.17) is 30.5 Å². The second-order valence-electron chi connectivity index (χ2n) is 5.45. The third-order valence-corrected chi connectivity index (χ3v) is 3.83. The molecule has 0 saturated carbocycles. The molecule has 0 aromatic heterocycles. The fourth-order valence-electron chi connectivity index (χ4n) is 2.27. The molecular formula is C20H20ClNO6. The van der Waals surface area contributed by atoms with E-state index in [1.54, 1.807) is 42.5 Å². The smallest absolute Gasteiger partial charge is 0.331 e. The first-order chi connectivity index (χ1) is 13.5. The molecule has 0 fully saturated rings. The Labute approximate surface area is 167 Å². The minimum Gasteiger partial charge on any atom is -0.493 e. The highest BCUT2D eigenvalue weighted by Crippen LogP contribution is 2.39. The van der Waals surface area contributed by atoms with Crippen LogP contribution in [0.3, 0.4) is 0 Å². The molecule has 8 heteroatoms. The van der Waals surface area contributed by atoms with E-state index in [0.29, 0.717) is 28.0 Å². The molecule has 1 N–H and O–H groups in total. The van der Waals surface area contributed by atoms with E-state index in [0.717, 1.165) is 5.56 Å². The quantitative estimate of drug-likeness (QED) is 0.534. The Kier molecular flexibility index (Phi) is 7.71. The summed E-state index contributed by atoms with van der Waals surface area (Å²) in [6.45, 7) is -0.444. The highest BCUT2D eigenvalue weighted by Gasteiger charge is 2.15. The minimum atomic E-state index is -0.644. The van der Waals surface area contributed by atoms with Gasteiger partial charge in [0.2, 0.25) is 5.75 Å². The molecule has 0 aliphatic carbocycles. The van der Waals surface area contributed by atoms with Crippen molar-refractivity contribution in [3.63, 3.8) is 0 Å². The first-order valence-corrected chi connectivity index (χ1v) is 8.55. The van der Waals surface area contributed by atoms with Crippen LogP contribution in [0.4, 0.5) is 5.69 Å². The maximum absolute atomic E-state index is 12.0. The predicted molar refractivity (Wildman–Crippen MR) is 106 cm³/mol. The van der Waals surface area contributed by atoms with E-state index >= 15 is 0 Å². The van der Waals surface area contributed by atoms with Gasteiger partial charge in [0.25, 0.3) is 5.91 Å². The number of esters is 1. The minimum absolute atomic E-state index is 0.389. The molecule has 1 amide bonds. The van der Waals surface area contributed by atoms with E-state index in [-0.39, 0.29) is 0 Å². The topological polar surface area (TPSA) is 83.1 Å². The Hall–Kier alpha value is -3.19. The van der Waals surface area contributed by atoms with Gasteiger partial charge in [-0.15, -0.1) is 0 Å². The van der Waals surface area contributed by atoms with Crippen molar-refractivity contribution in [3.8, 4) is 17.2 Å². The van der Waals surface area contributed by atoms with Crippen LogP contribution in [0.5, 0.6) is 17.2 Å². The van der Waals surface area contributed by atoms with Crippen LogP contribution in [0.15, 0.2) is 42.5 Å². The van der Waals surface area contributed by atoms with Crippen LogP contribution >= 0.6 is 11.6 Å². The van der Waals surface area contributed by atoms with Crippen molar-refractivity contribution in [2.24, 2.45) is 0 Å². The zero-order valence-corrected chi connectivity index (χ0v) is 16.4. The number of rotatable bonds is 8. The number of hydrogen-bond acceptors (Lipinski definition) is 6. The van der Waals surface area contributed by atoms with Gasteiger partial charge in [-0.05, 0) is 23.8 Å². The molecule has 28 heavy (non-hydrogen) atoms. The summed E-state index contributed by atoms with van der Waals surface area (Å²) in [6.07, 6.45) is 2.80. The number of carbonyl (C=O) groups excluding carboxylic acids is 2. The van der Waals surface area contributed by atoms with E-state index < -0.39 is 18.5 Å². The number of benzene rings is 2. The van der Waals surface area contributed by atoms with Crippen LogP contribution in [-0.4, -0.2) is 39.8 Å². The van der Waals surface area contributed by atoms with Gasteiger partial charge in [-0.1, -0.05) is 23.7 Å². The highest BCUT2D eigenvalue weighted by atomic mass is 35.5. The maximum Gasteiger partial charge on any atom is 0.331 e. The molecule has 2 aromatic carbocycles. The average Bonchev–Trinajstić information content (AvgIpc) is 2.71. The van der Waals surface area contributed by atoms with Crippen LogP contribution in [0, 0.1) is 0 Å². The SMILES string of the molecule is COc1cc(NC(=O)COC(=O)/C=C/c2ccc(Cl)cc2)cc(OC)c1OC. The number of nitrogens with one attached hydrogen (secondary N) is 1. The summed E-state index contributed by atoms with van der Waals surface area (Å²) >= 11 is 5.80. The molecule has 2 aromatic rings. The van der Waals surface area contributed by atoms with Gasteiger partial charge in [0, 0.05) is 28.9 Å². The van der Waals surface area contributed by atoms with E-state index in [1.165, 1.54) is 27.4 Å². The number of amides is 1. The summed E-state index contributed by atoms with van der Waals surface area (Å²) in [4.78, 5) is 23.8. The second kappa shape index (κ2) is 10.2. The van der Waals surface area contributed by atoms with Crippen molar-refractivity contribution in [1.29, 1.82) is 0 Å². The van der Waals surface area contributed by atoms with E-state index in [9.17, 15) is 9.59 Å². The Morgan fingerprint density at radius 2 is 1.61 bits per heavy atom. The molecule has 0 heterocycles. The average molecular weight is 406 g/mol. The third kappa shape index (κ3) is 5.92. The van der Waals surface area contributed by atoms with Gasteiger partial charge in [-0.25, -0.2) is 4.79 Å². The molecule has 0 unspecified atom stereocenters. The molecule has 0 saturated heterocycles. The van der Waals surface area contributed by atoms with Crippen molar-refractivity contribution in [2.75, 3.05) is 33.3 Å². The van der Waals surface area contributed by atoms with Crippen molar-refractivity contribution in [3.05, 3.63) is 53.1 Å². The highest BCUT2D eigenvalue weighted by molar-refractivity contribution is 6.30. The van der Waals surface area contributed by atoms with Crippen LogP contribution in [0.2, 0.25) is 5.02 Å². The first-order valence-electron chi connectivity index (χ1n) is 8.17. The first kappa shape index (κ1) is 21.1. The molecule has 0 atom stereocenters. The molecule has 0 bridgehead atoms. The molecule has 0 radical (unpaired) electrons. The van der Waals surface area contributed by atoms with Crippen LogP contribution < -0.4 is 19.5 Å². The summed E-state index contributed by atoms with van der Waals surface area (Å²) in [5.74, 6) is 0.0272. The largest absolute Gasteiger partial charge is 0.493 e. The molecule has 7 nitrogen and oxygen atoms in total. The standard InChI is InChI=1S/C20H20ClNO6/c1-25-16-10-15(11-17(26-2)20(16)27-3)22-18(23)12-28-19(24)9-6-13-4-7-14(21)8-5-13/h4-11H,12H2,1-3H3,(H,22,23)/b9-6+. The monoisotopic (exact) mass is 405 g/mol. The van der Waals surface area contributed by atoms with Gasteiger partial charge in [-0.2, -0.15) is 0 Å². The number of anilines is 1. The van der Waals surface area contributed by atoms with Crippen molar-refractivity contribution in [1.82, 2.24) is 0 Å². The Morgan fingerprint density at radius 1 is 1.00 bits per heavy atom. The van der Waals surface area contributed by atoms with E-state index in [1.807, 2.05) is 0 Å². The predicted octanol–water partition coefficient (Wildman–Crippen LogP) is 3.56. The summed E-state index contributed by atoms with van der Waals surface area (Å²) in [5, 5.41) is 3.21. The molecule has 148 valence electrons. The Morgan fingerprint density at radius 3 is 2.14 bits per heavy atom. The number of carbonyl (C=O) groups is 2. The second-order valence-corrected chi connectivity index (χ2v) is 5.89. The number of halogens is 1. The maximum atomic E-state index is 12.0. The van der Waals surface area contributed by atoms with E-state index in [2.05, 4.69) is 5.32 Å². The van der Waals surface area contributed by atoms with Gasteiger partial charge in [0.15, 0.2) is 18.1 Å². The Bertz CT molecular complexity index is 838. The van der Waals surface area contributed by atoms with Gasteiger partial charge < -0.3 is 24.3 Å². The fraction of sp³-hybridized carbons (Fsp3) is 0.200. The molecule has 0 aliphatic heterocycles. The van der Waals surface area contributed by atoms with Crippen molar-refractivity contribution in [2.45, 2.75) is 0 Å². The number of ether oxygens (including phenoxy) is 4. The summed E-state index contributed by atoms with van der Waals surface area (Å²) in [5.41, 5.74) is 1.19. The van der Waals surface area contributed by atoms with Gasteiger partial charge in [0.1, 0.15) is 0 Å². The lowest BCUT2D eigenvalue weighted by Gasteiger charge is -2.14. The summed E-state index contributed by atoms with van der Waals surface area (Å²) in [6, 6.07) is 10.1. The molecule has 0 spiro atoms. The number of methoxy groups -OCH3 is 3. The summed E-state index contributed by atoms with van der Waals surface area (Å²) in [7, 11) is 4.42. The molecular weight excluding hydrogens is 386 g/mol. The lowest BCUT2D eigenvalue weighted by molar-refractivity contribution is -0.142. The van der Waals surface area contributed by atoms with Gasteiger partial charge in [-0.3, -0.25) is 4.79 Å². The zero-order valence-electron chi connectivity index (χ0n) is 15.7. The van der Waals surface area contributed by atoms with Crippen molar-refractivity contribution < 1.29 is 28.5 Å². The lowest BCUT2D eigenvalue weighted by Crippen LogP contribution is -2.20. The van der Waals surface area contributed by atoms with Crippen LogP contribution in [0.25, 0.3) is 6.08 Å². The number of hydrogen-bond donors (Lipinski definition) is 1. The van der Waals surface area contributed by atoms with Crippen LogP contribution in [-0.2, 0) is 14.3 Å². The Balaban J connectivity index is 1.93. The van der Waals surface area contributed by atoms with Crippen LogP contribution in [0.1, 0.15) is 5.56 Å². The molecule has 0 aliphatic rings. The molecule has 2 rings (SSSR count).